The molecule has 0 saturated heterocycles. The van der Waals surface area contributed by atoms with E-state index in [9.17, 15) is 0 Å². The number of rotatable bonds is 2. The molecule has 2 nitrogen and oxygen atoms in total. The van der Waals surface area contributed by atoms with Gasteiger partial charge in [0.15, 0.2) is 0 Å². The minimum absolute atomic E-state index is 0.423. The molecule has 0 radical (unpaired) electrons. The van der Waals surface area contributed by atoms with Crippen LogP contribution in [-0.2, 0) is 4.84 Å². The molecule has 0 heterocycles. The molecule has 1 fully saturated rings. The van der Waals surface area contributed by atoms with Crippen molar-refractivity contribution in [3.63, 3.8) is 0 Å². The normalized spacial score (nSPS) is 27.1. The monoisotopic (exact) mass is 165 g/mol. The first kappa shape index (κ1) is 7.84. The minimum Gasteiger partial charge on any atom is -0.392 e. The van der Waals surface area contributed by atoms with E-state index in [4.69, 9.17) is 4.84 Å². The van der Waals surface area contributed by atoms with E-state index in [-0.39, 0.29) is 0 Å². The molecule has 66 valence electrons. The van der Waals surface area contributed by atoms with Crippen LogP contribution in [0.5, 0.6) is 0 Å². The van der Waals surface area contributed by atoms with Crippen LogP contribution in [0.4, 0.5) is 0 Å². The summed E-state index contributed by atoms with van der Waals surface area (Å²) in [4.78, 5) is 5.35. The van der Waals surface area contributed by atoms with Crippen molar-refractivity contribution >= 4 is 5.71 Å². The van der Waals surface area contributed by atoms with Gasteiger partial charge >= 0.3 is 0 Å². The van der Waals surface area contributed by atoms with Gasteiger partial charge in [-0.05, 0) is 45.1 Å². The summed E-state index contributed by atoms with van der Waals surface area (Å²) >= 11 is 0. The van der Waals surface area contributed by atoms with Gasteiger partial charge in [-0.15, -0.1) is 0 Å². The molecule has 2 rings (SSSR count). The van der Waals surface area contributed by atoms with Gasteiger partial charge in [-0.1, -0.05) is 10.7 Å². The third-order valence-corrected chi connectivity index (χ3v) is 2.56. The van der Waals surface area contributed by atoms with E-state index >= 15 is 0 Å². The lowest BCUT2D eigenvalue weighted by molar-refractivity contribution is 0.00595. The summed E-state index contributed by atoms with van der Waals surface area (Å²) in [6.45, 7) is 2.14. The van der Waals surface area contributed by atoms with Crippen LogP contribution in [0.25, 0.3) is 0 Å². The Bertz CT molecular complexity index is 226. The van der Waals surface area contributed by atoms with Gasteiger partial charge in [0.25, 0.3) is 0 Å². The fraction of sp³-hybridized carbons (Fsp3) is 0.700. The molecule has 0 atom stereocenters. The van der Waals surface area contributed by atoms with Gasteiger partial charge in [-0.2, -0.15) is 0 Å². The summed E-state index contributed by atoms with van der Waals surface area (Å²) in [5.41, 5.74) is 2.55. The number of oxime groups is 1. The van der Waals surface area contributed by atoms with Crippen molar-refractivity contribution in [2.45, 2.75) is 45.1 Å². The fourth-order valence-corrected chi connectivity index (χ4v) is 1.44. The molecule has 12 heavy (non-hydrogen) atoms. The summed E-state index contributed by atoms with van der Waals surface area (Å²) in [7, 11) is 0. The summed E-state index contributed by atoms with van der Waals surface area (Å²) < 4.78 is 0. The quantitative estimate of drug-likeness (QED) is 0.576. The molecule has 0 bridgehead atoms. The second-order valence-electron chi connectivity index (χ2n) is 3.73. The molecular formula is C10H15NO. The van der Waals surface area contributed by atoms with Crippen LogP contribution in [0.3, 0.4) is 0 Å². The Morgan fingerprint density at radius 1 is 1.42 bits per heavy atom. The summed E-state index contributed by atoms with van der Waals surface area (Å²) in [5, 5.41) is 4.14. The zero-order chi connectivity index (χ0) is 8.39. The lowest BCUT2D eigenvalue weighted by atomic mass is 9.97. The highest BCUT2D eigenvalue weighted by Gasteiger charge is 2.19. The summed E-state index contributed by atoms with van der Waals surface area (Å²) in [6, 6.07) is 0. The van der Waals surface area contributed by atoms with Gasteiger partial charge in [0.2, 0.25) is 0 Å². The molecular weight excluding hydrogens is 150 g/mol. The van der Waals surface area contributed by atoms with Crippen LogP contribution in [0.1, 0.15) is 39.0 Å². The van der Waals surface area contributed by atoms with Gasteiger partial charge in [0.05, 0.1) is 5.71 Å². The zero-order valence-corrected chi connectivity index (χ0v) is 7.55. The van der Waals surface area contributed by atoms with Crippen molar-refractivity contribution in [2.24, 2.45) is 5.16 Å². The van der Waals surface area contributed by atoms with Crippen LogP contribution in [0.15, 0.2) is 16.8 Å². The van der Waals surface area contributed by atoms with E-state index in [1.54, 1.807) is 0 Å². The molecule has 1 saturated carbocycles. The Hall–Kier alpha value is -0.790. The Morgan fingerprint density at radius 2 is 2.25 bits per heavy atom. The number of nitrogens with zero attached hydrogens (tertiary/aromatic N) is 1. The van der Waals surface area contributed by atoms with Gasteiger partial charge < -0.3 is 4.84 Å². The van der Waals surface area contributed by atoms with Crippen molar-refractivity contribution in [2.75, 3.05) is 0 Å². The van der Waals surface area contributed by atoms with Crippen LogP contribution >= 0.6 is 0 Å². The van der Waals surface area contributed by atoms with Crippen LogP contribution in [0, 0.1) is 0 Å². The van der Waals surface area contributed by atoms with E-state index in [0.29, 0.717) is 6.10 Å². The average molecular weight is 165 g/mol. The van der Waals surface area contributed by atoms with Crippen molar-refractivity contribution in [3.8, 4) is 0 Å². The Morgan fingerprint density at radius 3 is 2.75 bits per heavy atom. The fourth-order valence-electron chi connectivity index (χ4n) is 1.44. The van der Waals surface area contributed by atoms with Crippen molar-refractivity contribution in [3.05, 3.63) is 11.6 Å². The lowest BCUT2D eigenvalue weighted by Crippen LogP contribution is -2.19. The molecule has 0 N–H and O–H groups in total. The van der Waals surface area contributed by atoms with Gasteiger partial charge in [0, 0.05) is 0 Å². The Kier molecular flexibility index (Phi) is 2.15. The smallest absolute Gasteiger partial charge is 0.127 e. The van der Waals surface area contributed by atoms with E-state index in [1.165, 1.54) is 24.8 Å². The molecule has 0 aliphatic heterocycles. The lowest BCUT2D eigenvalue weighted by Gasteiger charge is -2.22. The molecule has 0 amide bonds. The van der Waals surface area contributed by atoms with Crippen molar-refractivity contribution in [1.82, 2.24) is 0 Å². The van der Waals surface area contributed by atoms with E-state index in [1.807, 2.05) is 0 Å². The highest BCUT2D eigenvalue weighted by atomic mass is 16.6. The van der Waals surface area contributed by atoms with Crippen molar-refractivity contribution < 1.29 is 4.84 Å². The minimum atomic E-state index is 0.423. The maximum Gasteiger partial charge on any atom is 0.127 e. The maximum absolute atomic E-state index is 5.35. The third kappa shape index (κ3) is 1.68. The van der Waals surface area contributed by atoms with Crippen LogP contribution in [0.2, 0.25) is 0 Å². The number of allylic oxidation sites excluding steroid dienone is 2. The first-order valence-corrected chi connectivity index (χ1v) is 4.74. The molecule has 0 aromatic rings. The topological polar surface area (TPSA) is 21.6 Å². The first-order chi connectivity index (χ1) is 5.84. The maximum atomic E-state index is 5.35. The number of hydrogen-bond donors (Lipinski definition) is 0. The van der Waals surface area contributed by atoms with Gasteiger partial charge in [-0.25, -0.2) is 0 Å². The Labute approximate surface area is 73.3 Å². The van der Waals surface area contributed by atoms with E-state index in [2.05, 4.69) is 18.2 Å². The van der Waals surface area contributed by atoms with Gasteiger partial charge in [0.1, 0.15) is 6.10 Å². The zero-order valence-electron chi connectivity index (χ0n) is 7.55. The summed E-state index contributed by atoms with van der Waals surface area (Å²) in [5.74, 6) is 0. The molecule has 0 spiro atoms. The van der Waals surface area contributed by atoms with E-state index in [0.717, 1.165) is 18.6 Å². The van der Waals surface area contributed by atoms with Crippen LogP contribution < -0.4 is 0 Å². The molecule has 2 aliphatic carbocycles. The van der Waals surface area contributed by atoms with Crippen molar-refractivity contribution in [1.29, 1.82) is 0 Å². The standard InChI is InChI=1S/C10H15NO/c1-8-5-6-9(7-8)11-12-10-3-2-4-10/h7,10H,2-6H2,1H3/b11-9+. The largest absolute Gasteiger partial charge is 0.392 e. The average Bonchev–Trinajstić information content (AvgIpc) is 2.32. The Balaban J connectivity index is 1.83. The van der Waals surface area contributed by atoms with E-state index < -0.39 is 0 Å². The molecule has 0 aromatic heterocycles. The molecule has 2 aliphatic rings. The third-order valence-electron chi connectivity index (χ3n) is 2.56. The van der Waals surface area contributed by atoms with Gasteiger partial charge in [-0.3, -0.25) is 0 Å². The number of hydrogen-bond acceptors (Lipinski definition) is 2. The predicted octanol–water partition coefficient (Wildman–Crippen LogP) is 2.65. The molecule has 2 heteroatoms. The highest BCUT2D eigenvalue weighted by Crippen LogP contribution is 2.23. The SMILES string of the molecule is CC1=C/C(=N/OC2CCC2)CC1. The highest BCUT2D eigenvalue weighted by molar-refractivity contribution is 5.97. The summed E-state index contributed by atoms with van der Waals surface area (Å²) in [6.07, 6.45) is 8.49. The molecule has 0 aromatic carbocycles. The predicted molar refractivity (Wildman–Crippen MR) is 49.2 cm³/mol. The second kappa shape index (κ2) is 3.30. The molecule has 0 unspecified atom stereocenters. The van der Waals surface area contributed by atoms with Crippen LogP contribution in [-0.4, -0.2) is 11.8 Å². The second-order valence-corrected chi connectivity index (χ2v) is 3.73. The first-order valence-electron chi connectivity index (χ1n) is 4.74.